The number of aromatic nitrogens is 4. The third kappa shape index (κ3) is 2.30. The van der Waals surface area contributed by atoms with Crippen LogP contribution < -0.4 is 10.6 Å². The molecular weight excluding hydrogens is 284 g/mol. The van der Waals surface area contributed by atoms with Crippen LogP contribution in [0.1, 0.15) is 60.0 Å². The Labute approximate surface area is 126 Å². The van der Waals surface area contributed by atoms with Gasteiger partial charge < -0.3 is 15.2 Å². The average molecular weight is 300 g/mol. The topological polar surface area (TPSA) is 111 Å². The predicted molar refractivity (Wildman–Crippen MR) is 76.1 cm³/mol. The number of rotatable bonds is 4. The highest BCUT2D eigenvalue weighted by atomic mass is 16.5. The van der Waals surface area contributed by atoms with Gasteiger partial charge in [0.05, 0.1) is 0 Å². The summed E-state index contributed by atoms with van der Waals surface area (Å²) in [6.45, 7) is 0.861. The Morgan fingerprint density at radius 3 is 2.91 bits per heavy atom. The molecule has 1 saturated carbocycles. The number of hydrogen-bond donors (Lipinski definition) is 1. The molecule has 8 nitrogen and oxygen atoms in total. The van der Waals surface area contributed by atoms with E-state index in [0.717, 1.165) is 31.0 Å². The van der Waals surface area contributed by atoms with Crippen LogP contribution in [0.2, 0.25) is 0 Å². The Hall–Kier alpha value is -2.51. The third-order valence-electron chi connectivity index (χ3n) is 4.10. The minimum Gasteiger partial charge on any atom is -0.363 e. The van der Waals surface area contributed by atoms with E-state index in [9.17, 15) is 4.79 Å². The molecule has 0 radical (unpaired) electrons. The lowest BCUT2D eigenvalue weighted by Gasteiger charge is -2.23. The predicted octanol–water partition coefficient (Wildman–Crippen LogP) is 1.18. The van der Waals surface area contributed by atoms with Crippen LogP contribution in [0.15, 0.2) is 16.8 Å². The summed E-state index contributed by atoms with van der Waals surface area (Å²) in [6.07, 6.45) is 6.01. The summed E-state index contributed by atoms with van der Waals surface area (Å²) in [5.41, 5.74) is 5.17. The third-order valence-corrected chi connectivity index (χ3v) is 4.10. The number of hydrogen-bond acceptors (Lipinski definition) is 7. The van der Waals surface area contributed by atoms with E-state index in [1.165, 1.54) is 12.8 Å². The number of carbonyl (C=O) groups is 1. The minimum atomic E-state index is -0.683. The van der Waals surface area contributed by atoms with Crippen molar-refractivity contribution in [2.75, 3.05) is 11.4 Å². The van der Waals surface area contributed by atoms with Gasteiger partial charge in [-0.2, -0.15) is 4.98 Å². The number of anilines is 1. The second-order valence-corrected chi connectivity index (χ2v) is 5.72. The molecule has 2 N–H and O–H groups in total. The van der Waals surface area contributed by atoms with Gasteiger partial charge in [0.15, 0.2) is 0 Å². The van der Waals surface area contributed by atoms with Crippen LogP contribution in [0.4, 0.5) is 5.82 Å². The minimum absolute atomic E-state index is 0.0671. The van der Waals surface area contributed by atoms with E-state index in [-0.39, 0.29) is 11.9 Å². The first-order valence-corrected chi connectivity index (χ1v) is 7.45. The van der Waals surface area contributed by atoms with E-state index in [2.05, 4.69) is 25.0 Å². The summed E-state index contributed by atoms with van der Waals surface area (Å²) in [5, 5.41) is 3.62. The molecule has 2 aliphatic rings. The number of nitrogens with two attached hydrogens (primary N) is 1. The van der Waals surface area contributed by atoms with Crippen molar-refractivity contribution in [3.8, 4) is 0 Å². The molecule has 0 bridgehead atoms. The van der Waals surface area contributed by atoms with Crippen LogP contribution in [-0.4, -0.2) is 32.6 Å². The van der Waals surface area contributed by atoms with E-state index in [0.29, 0.717) is 11.8 Å². The number of nitrogens with zero attached hydrogens (tertiary/aromatic N) is 5. The molecular formula is C14H16N6O2. The lowest BCUT2D eigenvalue weighted by Crippen LogP contribution is -2.24. The monoisotopic (exact) mass is 300 g/mol. The van der Waals surface area contributed by atoms with Crippen molar-refractivity contribution < 1.29 is 9.32 Å². The highest BCUT2D eigenvalue weighted by Gasteiger charge is 2.33. The maximum atomic E-state index is 11.1. The number of carbonyl (C=O) groups excluding carboxylic acids is 1. The summed E-state index contributed by atoms with van der Waals surface area (Å²) < 4.78 is 5.20. The molecule has 1 saturated heterocycles. The van der Waals surface area contributed by atoms with Crippen molar-refractivity contribution in [3.63, 3.8) is 0 Å². The molecule has 2 aromatic rings. The standard InChI is InChI=1S/C14H16N6O2/c15-11(21)13-18-14(22-19-13)9-2-1-7-20(9)10-5-6-16-12(17-10)8-3-4-8/h5-6,8-9H,1-4,7H2,(H2,15,21)/t9-/m1/s1. The van der Waals surface area contributed by atoms with E-state index in [4.69, 9.17) is 10.3 Å². The lowest BCUT2D eigenvalue weighted by atomic mass is 10.2. The van der Waals surface area contributed by atoms with Crippen molar-refractivity contribution in [1.29, 1.82) is 0 Å². The fourth-order valence-electron chi connectivity index (χ4n) is 2.83. The molecule has 1 atom stereocenters. The molecule has 0 aromatic carbocycles. The van der Waals surface area contributed by atoms with E-state index in [1.54, 1.807) is 6.20 Å². The first-order chi connectivity index (χ1) is 10.7. The molecule has 22 heavy (non-hydrogen) atoms. The smallest absolute Gasteiger partial charge is 0.290 e. The van der Waals surface area contributed by atoms with E-state index >= 15 is 0 Å². The van der Waals surface area contributed by atoms with Crippen LogP contribution in [-0.2, 0) is 0 Å². The van der Waals surface area contributed by atoms with Gasteiger partial charge in [-0.3, -0.25) is 4.79 Å². The Morgan fingerprint density at radius 2 is 2.18 bits per heavy atom. The first-order valence-electron chi connectivity index (χ1n) is 7.45. The number of primary amides is 1. The maximum Gasteiger partial charge on any atom is 0.290 e. The van der Waals surface area contributed by atoms with E-state index in [1.807, 2.05) is 6.07 Å². The molecule has 3 heterocycles. The number of amides is 1. The molecule has 114 valence electrons. The molecule has 0 unspecified atom stereocenters. The summed E-state index contributed by atoms with van der Waals surface area (Å²) in [5.74, 6) is 1.94. The summed E-state index contributed by atoms with van der Waals surface area (Å²) in [6, 6.07) is 1.83. The molecule has 1 aliphatic heterocycles. The zero-order valence-electron chi connectivity index (χ0n) is 12.0. The van der Waals surface area contributed by atoms with Gasteiger partial charge in [-0.25, -0.2) is 9.97 Å². The average Bonchev–Trinajstić information content (AvgIpc) is 3.06. The van der Waals surface area contributed by atoms with Crippen molar-refractivity contribution in [3.05, 3.63) is 29.8 Å². The van der Waals surface area contributed by atoms with Gasteiger partial charge in [0.25, 0.3) is 11.7 Å². The van der Waals surface area contributed by atoms with Crippen LogP contribution in [0.25, 0.3) is 0 Å². The Morgan fingerprint density at radius 1 is 1.32 bits per heavy atom. The van der Waals surface area contributed by atoms with Crippen molar-refractivity contribution in [1.82, 2.24) is 20.1 Å². The normalized spacial score (nSPS) is 21.3. The van der Waals surface area contributed by atoms with Crippen LogP contribution >= 0.6 is 0 Å². The van der Waals surface area contributed by atoms with Crippen molar-refractivity contribution in [2.24, 2.45) is 5.73 Å². The van der Waals surface area contributed by atoms with Crippen LogP contribution in [0.5, 0.6) is 0 Å². The van der Waals surface area contributed by atoms with Crippen LogP contribution in [0, 0.1) is 0 Å². The Kier molecular flexibility index (Phi) is 3.02. The second kappa shape index (κ2) is 5.04. The first kappa shape index (κ1) is 13.2. The maximum absolute atomic E-state index is 11.1. The fraction of sp³-hybridized carbons (Fsp3) is 0.500. The highest BCUT2D eigenvalue weighted by molar-refractivity contribution is 5.88. The molecule has 4 rings (SSSR count). The highest BCUT2D eigenvalue weighted by Crippen LogP contribution is 2.39. The summed E-state index contributed by atoms with van der Waals surface area (Å²) in [7, 11) is 0. The van der Waals surface area contributed by atoms with Crippen molar-refractivity contribution >= 4 is 11.7 Å². The van der Waals surface area contributed by atoms with Gasteiger partial charge >= 0.3 is 0 Å². The molecule has 1 aliphatic carbocycles. The molecule has 0 spiro atoms. The molecule has 2 aromatic heterocycles. The van der Waals surface area contributed by atoms with Gasteiger partial charge in [-0.15, -0.1) is 0 Å². The van der Waals surface area contributed by atoms with Gasteiger partial charge in [0, 0.05) is 18.7 Å². The Bertz CT molecular complexity index is 711. The van der Waals surface area contributed by atoms with Crippen LogP contribution in [0.3, 0.4) is 0 Å². The van der Waals surface area contributed by atoms with Gasteiger partial charge in [0.2, 0.25) is 5.89 Å². The fourth-order valence-corrected chi connectivity index (χ4v) is 2.83. The zero-order valence-corrected chi connectivity index (χ0v) is 12.0. The molecule has 2 fully saturated rings. The van der Waals surface area contributed by atoms with Gasteiger partial charge in [-0.05, 0) is 31.7 Å². The van der Waals surface area contributed by atoms with E-state index < -0.39 is 5.91 Å². The lowest BCUT2D eigenvalue weighted by molar-refractivity contribution is 0.0987. The quantitative estimate of drug-likeness (QED) is 0.902. The largest absolute Gasteiger partial charge is 0.363 e. The van der Waals surface area contributed by atoms with Crippen molar-refractivity contribution in [2.45, 2.75) is 37.6 Å². The second-order valence-electron chi connectivity index (χ2n) is 5.72. The molecule has 1 amide bonds. The van der Waals surface area contributed by atoms with Gasteiger partial charge in [0.1, 0.15) is 17.7 Å². The summed E-state index contributed by atoms with van der Waals surface area (Å²) >= 11 is 0. The SMILES string of the molecule is NC(=O)c1noc([C@H]2CCCN2c2ccnc(C3CC3)n2)n1. The Balaban J connectivity index is 1.62. The zero-order chi connectivity index (χ0) is 15.1. The summed E-state index contributed by atoms with van der Waals surface area (Å²) in [4.78, 5) is 26.4. The molecule has 8 heteroatoms. The van der Waals surface area contributed by atoms with Gasteiger partial charge in [-0.1, -0.05) is 5.16 Å².